The number of amides is 1. The summed E-state index contributed by atoms with van der Waals surface area (Å²) in [5, 5.41) is 22.4. The molecule has 0 aliphatic carbocycles. The van der Waals surface area contributed by atoms with E-state index in [0.717, 1.165) is 5.56 Å². The van der Waals surface area contributed by atoms with Crippen LogP contribution in [0.2, 0.25) is 0 Å². The Hall–Kier alpha value is -2.82. The van der Waals surface area contributed by atoms with Crippen molar-refractivity contribution in [1.29, 1.82) is 5.26 Å². The maximum absolute atomic E-state index is 12.1. The first-order valence-electron chi connectivity index (χ1n) is 7.34. The summed E-state index contributed by atoms with van der Waals surface area (Å²) in [6.07, 6.45) is -0.921. The number of nitro groups is 1. The lowest BCUT2D eigenvalue weighted by atomic mass is 10.0. The lowest BCUT2D eigenvalue weighted by molar-refractivity contribution is -0.521. The number of halogens is 2. The van der Waals surface area contributed by atoms with E-state index in [1.54, 1.807) is 24.3 Å². The molecule has 7 nitrogen and oxygen atoms in total. The number of benzene rings is 2. The van der Waals surface area contributed by atoms with Crippen LogP contribution in [0.15, 0.2) is 54.6 Å². The number of hydrogen-bond donors (Lipinski definition) is 1. The van der Waals surface area contributed by atoms with E-state index < -0.39 is 21.5 Å². The number of carbonyl (C=O) groups is 1. The summed E-state index contributed by atoms with van der Waals surface area (Å²) in [6.45, 7) is -0.0250. The van der Waals surface area contributed by atoms with Gasteiger partial charge in [0.15, 0.2) is 6.04 Å². The largest absolute Gasteiger partial charge is 0.445 e. The molecule has 0 bridgehead atoms. The van der Waals surface area contributed by atoms with Crippen molar-refractivity contribution in [2.45, 2.75) is 17.1 Å². The summed E-state index contributed by atoms with van der Waals surface area (Å²) in [5.74, 6) is 0. The molecule has 0 aliphatic heterocycles. The molecular weight excluding hydrogens is 381 g/mol. The fourth-order valence-electron chi connectivity index (χ4n) is 2.11. The van der Waals surface area contributed by atoms with Crippen molar-refractivity contribution in [2.75, 3.05) is 0 Å². The van der Waals surface area contributed by atoms with Crippen molar-refractivity contribution in [3.05, 3.63) is 81.4 Å². The zero-order valence-corrected chi connectivity index (χ0v) is 14.8. The molecule has 26 heavy (non-hydrogen) atoms. The van der Waals surface area contributed by atoms with Crippen LogP contribution in [0.4, 0.5) is 4.79 Å². The van der Waals surface area contributed by atoms with Gasteiger partial charge in [-0.15, -0.1) is 0 Å². The van der Waals surface area contributed by atoms with Crippen LogP contribution in [0, 0.1) is 21.4 Å². The number of ether oxygens (including phenoxy) is 1. The second-order valence-corrected chi connectivity index (χ2v) is 6.56. The van der Waals surface area contributed by atoms with Gasteiger partial charge in [-0.05, 0) is 46.5 Å². The Balaban J connectivity index is 2.17. The molecule has 0 fully saturated rings. The highest BCUT2D eigenvalue weighted by Gasteiger charge is 2.49. The standard InChI is InChI=1S/C17H13Cl2N3O4/c18-17(19,22(24)25)15(14-8-6-12(10-20)7-9-14)21-16(23)26-11-13-4-2-1-3-5-13/h1-9,15H,11H2,(H,21,23). The minimum atomic E-state index is -2.53. The van der Waals surface area contributed by atoms with E-state index >= 15 is 0 Å². The van der Waals surface area contributed by atoms with Gasteiger partial charge in [-0.2, -0.15) is 5.26 Å². The van der Waals surface area contributed by atoms with Crippen molar-refractivity contribution in [3.63, 3.8) is 0 Å². The zero-order valence-electron chi connectivity index (χ0n) is 13.3. The van der Waals surface area contributed by atoms with Crippen molar-refractivity contribution in [1.82, 2.24) is 5.32 Å². The molecule has 1 atom stereocenters. The third kappa shape index (κ3) is 4.85. The molecule has 0 spiro atoms. The minimum absolute atomic E-state index is 0.0250. The summed E-state index contributed by atoms with van der Waals surface area (Å²) in [4.78, 5) is 22.4. The molecule has 0 radical (unpaired) electrons. The molecule has 0 aromatic heterocycles. The van der Waals surface area contributed by atoms with Gasteiger partial charge in [0.25, 0.3) is 0 Å². The third-order valence-electron chi connectivity index (χ3n) is 3.44. The number of alkyl halides is 2. The summed E-state index contributed by atoms with van der Waals surface area (Å²) < 4.78 is 2.53. The first-order chi connectivity index (χ1) is 12.3. The molecule has 0 aliphatic rings. The monoisotopic (exact) mass is 393 g/mol. The summed E-state index contributed by atoms with van der Waals surface area (Å²) in [5.41, 5.74) is 1.34. The van der Waals surface area contributed by atoms with E-state index in [9.17, 15) is 14.9 Å². The van der Waals surface area contributed by atoms with Crippen LogP contribution in [-0.2, 0) is 11.3 Å². The minimum Gasteiger partial charge on any atom is -0.445 e. The normalized spacial score (nSPS) is 11.9. The SMILES string of the molecule is N#Cc1ccc(C(NC(=O)OCc2ccccc2)C(Cl)(Cl)[N+](=O)[O-])cc1. The van der Waals surface area contributed by atoms with Gasteiger partial charge in [0.05, 0.1) is 16.6 Å². The van der Waals surface area contributed by atoms with Gasteiger partial charge in [0.1, 0.15) is 6.61 Å². The second kappa shape index (κ2) is 8.52. The van der Waals surface area contributed by atoms with E-state index in [1.165, 1.54) is 24.3 Å². The predicted octanol–water partition coefficient (Wildman–Crippen LogP) is 3.93. The highest BCUT2D eigenvalue weighted by Crippen LogP contribution is 2.36. The molecule has 2 aromatic carbocycles. The van der Waals surface area contributed by atoms with Gasteiger partial charge in [-0.3, -0.25) is 10.1 Å². The van der Waals surface area contributed by atoms with Gasteiger partial charge >= 0.3 is 10.6 Å². The van der Waals surface area contributed by atoms with E-state index in [1.807, 2.05) is 12.1 Å². The first kappa shape index (κ1) is 19.5. The van der Waals surface area contributed by atoms with Crippen LogP contribution < -0.4 is 5.32 Å². The summed E-state index contributed by atoms with van der Waals surface area (Å²) in [7, 11) is 0. The van der Waals surface area contributed by atoms with E-state index in [-0.39, 0.29) is 12.2 Å². The van der Waals surface area contributed by atoms with Crippen molar-refractivity contribution in [3.8, 4) is 6.07 Å². The van der Waals surface area contributed by atoms with Gasteiger partial charge < -0.3 is 10.1 Å². The lowest BCUT2D eigenvalue weighted by Crippen LogP contribution is -2.44. The Morgan fingerprint density at radius 2 is 1.85 bits per heavy atom. The molecule has 2 aromatic rings. The summed E-state index contributed by atoms with van der Waals surface area (Å²) in [6, 6.07) is 15.1. The lowest BCUT2D eigenvalue weighted by Gasteiger charge is -2.23. The van der Waals surface area contributed by atoms with Gasteiger partial charge in [0, 0.05) is 0 Å². The Labute approximate surface area is 159 Å². The average molecular weight is 394 g/mol. The Morgan fingerprint density at radius 3 is 2.38 bits per heavy atom. The molecule has 2 rings (SSSR count). The average Bonchev–Trinajstić information content (AvgIpc) is 2.65. The molecule has 0 heterocycles. The molecule has 0 saturated heterocycles. The smallest absolute Gasteiger partial charge is 0.408 e. The van der Waals surface area contributed by atoms with Crippen molar-refractivity contribution < 1.29 is 14.5 Å². The second-order valence-electron chi connectivity index (χ2n) is 5.22. The number of carbonyl (C=O) groups excluding carboxylic acids is 1. The van der Waals surface area contributed by atoms with Crippen LogP contribution in [0.3, 0.4) is 0 Å². The molecular formula is C17H13Cl2N3O4. The number of nitriles is 1. The first-order valence-corrected chi connectivity index (χ1v) is 8.09. The van der Waals surface area contributed by atoms with E-state index in [0.29, 0.717) is 5.56 Å². The Morgan fingerprint density at radius 1 is 1.23 bits per heavy atom. The molecule has 9 heteroatoms. The van der Waals surface area contributed by atoms with Crippen LogP contribution in [0.1, 0.15) is 22.7 Å². The third-order valence-corrected chi connectivity index (χ3v) is 4.15. The van der Waals surface area contributed by atoms with Crippen LogP contribution in [-0.4, -0.2) is 15.5 Å². The van der Waals surface area contributed by atoms with Crippen LogP contribution in [0.25, 0.3) is 0 Å². The summed E-state index contributed by atoms with van der Waals surface area (Å²) >= 11 is 11.7. The van der Waals surface area contributed by atoms with Crippen LogP contribution in [0.5, 0.6) is 0 Å². The molecule has 1 unspecified atom stereocenters. The molecule has 1 N–H and O–H groups in total. The fraction of sp³-hybridized carbons (Fsp3) is 0.176. The molecule has 0 saturated carbocycles. The van der Waals surface area contributed by atoms with E-state index in [2.05, 4.69) is 5.32 Å². The highest BCUT2D eigenvalue weighted by atomic mass is 35.5. The number of hydrogen-bond acceptors (Lipinski definition) is 5. The zero-order chi connectivity index (χ0) is 19.2. The molecule has 1 amide bonds. The van der Waals surface area contributed by atoms with Crippen molar-refractivity contribution >= 4 is 29.3 Å². The quantitative estimate of drug-likeness (QED) is 0.346. The van der Waals surface area contributed by atoms with E-state index in [4.69, 9.17) is 33.2 Å². The number of nitrogens with zero attached hydrogens (tertiary/aromatic N) is 2. The van der Waals surface area contributed by atoms with Gasteiger partial charge in [-0.1, -0.05) is 42.5 Å². The Bertz CT molecular complexity index is 820. The van der Waals surface area contributed by atoms with Gasteiger partial charge in [0.2, 0.25) is 0 Å². The number of alkyl carbamates (subject to hydrolysis) is 1. The maximum Gasteiger partial charge on any atom is 0.408 e. The van der Waals surface area contributed by atoms with Gasteiger partial charge in [-0.25, -0.2) is 4.79 Å². The Kier molecular flexibility index (Phi) is 6.39. The number of nitrogens with one attached hydrogen (secondary N) is 1. The topological polar surface area (TPSA) is 105 Å². The number of rotatable bonds is 6. The van der Waals surface area contributed by atoms with Crippen molar-refractivity contribution in [2.24, 2.45) is 0 Å². The van der Waals surface area contributed by atoms with Crippen LogP contribution >= 0.6 is 23.2 Å². The fourth-order valence-corrected chi connectivity index (χ4v) is 2.47. The maximum atomic E-state index is 12.1. The predicted molar refractivity (Wildman–Crippen MR) is 95.1 cm³/mol. The molecule has 134 valence electrons. The highest BCUT2D eigenvalue weighted by molar-refractivity contribution is 6.47.